The van der Waals surface area contributed by atoms with Gasteiger partial charge in [0.1, 0.15) is 5.92 Å². The zero-order chi connectivity index (χ0) is 17.7. The maximum atomic E-state index is 12.6. The zero-order valence-electron chi connectivity index (χ0n) is 13.9. The molecule has 2 aliphatic rings. The molecular formula is C17H22BrN3O2S. The molecule has 0 saturated heterocycles. The van der Waals surface area contributed by atoms with Crippen molar-refractivity contribution < 1.29 is 9.59 Å². The van der Waals surface area contributed by atoms with E-state index in [1.807, 2.05) is 32.1 Å². The molecule has 2 amide bonds. The molecule has 0 aromatic heterocycles. The van der Waals surface area contributed by atoms with Gasteiger partial charge in [0.15, 0.2) is 0 Å². The topological polar surface area (TPSA) is 61.8 Å². The first-order valence-electron chi connectivity index (χ1n) is 8.17. The minimum Gasteiger partial charge on any atom is -0.354 e. The van der Waals surface area contributed by atoms with Crippen molar-refractivity contribution in [1.82, 2.24) is 10.2 Å². The quantitative estimate of drug-likeness (QED) is 0.516. The number of nitrogens with zero attached hydrogens (tertiary/aromatic N) is 2. The Balaban J connectivity index is 1.80. The number of aliphatic imine (C=N–C) groups is 1. The summed E-state index contributed by atoms with van der Waals surface area (Å²) in [5, 5.41) is 3.21. The summed E-state index contributed by atoms with van der Waals surface area (Å²) in [5.74, 6) is -0.301. The van der Waals surface area contributed by atoms with Crippen LogP contribution in [-0.2, 0) is 9.59 Å². The summed E-state index contributed by atoms with van der Waals surface area (Å²) >= 11 is 8.65. The third kappa shape index (κ3) is 5.08. The molecule has 1 heterocycles. The van der Waals surface area contributed by atoms with Gasteiger partial charge < -0.3 is 5.32 Å². The lowest BCUT2D eigenvalue weighted by Gasteiger charge is -2.30. The number of thiocarbonyl (C=S) groups is 1. The Morgan fingerprint density at radius 3 is 2.83 bits per heavy atom. The lowest BCUT2D eigenvalue weighted by atomic mass is 9.95. The molecule has 130 valence electrons. The minimum atomic E-state index is -0.354. The molecule has 0 fully saturated rings. The van der Waals surface area contributed by atoms with Crippen LogP contribution in [0.5, 0.6) is 0 Å². The van der Waals surface area contributed by atoms with Crippen LogP contribution in [0.15, 0.2) is 27.7 Å². The van der Waals surface area contributed by atoms with Crippen LogP contribution in [0.3, 0.4) is 0 Å². The van der Waals surface area contributed by atoms with Crippen LogP contribution in [0.1, 0.15) is 39.5 Å². The van der Waals surface area contributed by atoms with Crippen LogP contribution in [0.25, 0.3) is 0 Å². The Labute approximate surface area is 156 Å². The molecule has 0 radical (unpaired) electrons. The van der Waals surface area contributed by atoms with Crippen LogP contribution in [0, 0.1) is 5.92 Å². The summed E-state index contributed by atoms with van der Waals surface area (Å²) in [5.41, 5.74) is 0.704. The molecule has 0 saturated carbocycles. The van der Waals surface area contributed by atoms with Gasteiger partial charge in [-0.3, -0.25) is 14.5 Å². The van der Waals surface area contributed by atoms with Gasteiger partial charge in [-0.15, -0.1) is 0 Å². The highest BCUT2D eigenvalue weighted by Crippen LogP contribution is 2.25. The van der Waals surface area contributed by atoms with Crippen molar-refractivity contribution in [3.05, 3.63) is 22.7 Å². The van der Waals surface area contributed by atoms with E-state index in [9.17, 15) is 9.59 Å². The number of amides is 2. The Morgan fingerprint density at radius 2 is 2.12 bits per heavy atom. The van der Waals surface area contributed by atoms with Gasteiger partial charge in [0, 0.05) is 23.5 Å². The van der Waals surface area contributed by atoms with Crippen LogP contribution in [0.2, 0.25) is 0 Å². The van der Waals surface area contributed by atoms with Crippen molar-refractivity contribution in [3.63, 3.8) is 0 Å². The van der Waals surface area contributed by atoms with Crippen LogP contribution in [-0.4, -0.2) is 40.1 Å². The van der Waals surface area contributed by atoms with Gasteiger partial charge in [-0.2, -0.15) is 0 Å². The van der Waals surface area contributed by atoms with Gasteiger partial charge in [-0.05, 0) is 51.1 Å². The molecule has 0 spiro atoms. The van der Waals surface area contributed by atoms with Gasteiger partial charge >= 0.3 is 0 Å². The molecule has 0 aromatic rings. The molecule has 1 unspecified atom stereocenters. The van der Waals surface area contributed by atoms with Gasteiger partial charge in [0.25, 0.3) is 0 Å². The van der Waals surface area contributed by atoms with Crippen LogP contribution < -0.4 is 5.32 Å². The number of fused-ring (bicyclic) bond motifs is 1. The summed E-state index contributed by atoms with van der Waals surface area (Å²) in [7, 11) is 0. The number of halogens is 1. The molecule has 1 atom stereocenters. The maximum absolute atomic E-state index is 12.6. The Kier molecular flexibility index (Phi) is 6.86. The molecule has 2 rings (SSSR count). The van der Waals surface area contributed by atoms with Crippen molar-refractivity contribution in [3.8, 4) is 0 Å². The maximum Gasteiger partial charge on any atom is 0.241 e. The van der Waals surface area contributed by atoms with E-state index in [1.54, 1.807) is 4.90 Å². The molecular weight excluding hydrogens is 390 g/mol. The predicted molar refractivity (Wildman–Crippen MR) is 103 cm³/mol. The fourth-order valence-corrected chi connectivity index (χ4v) is 3.32. The smallest absolute Gasteiger partial charge is 0.241 e. The highest BCUT2D eigenvalue weighted by molar-refractivity contribution is 9.11. The molecule has 1 aliphatic heterocycles. The third-order valence-corrected chi connectivity index (χ3v) is 4.62. The lowest BCUT2D eigenvalue weighted by Crippen LogP contribution is -2.46. The lowest BCUT2D eigenvalue weighted by molar-refractivity contribution is -0.128. The number of unbranched alkanes of at least 4 members (excludes halogenated alkanes) is 2. The normalized spacial score (nSPS) is 20.0. The van der Waals surface area contributed by atoms with E-state index < -0.39 is 0 Å². The summed E-state index contributed by atoms with van der Waals surface area (Å²) in [6.07, 6.45) is 8.54. The summed E-state index contributed by atoms with van der Waals surface area (Å²) in [6, 6.07) is 0.171. The van der Waals surface area contributed by atoms with Crippen LogP contribution >= 0.6 is 28.1 Å². The first kappa shape index (κ1) is 19.0. The fourth-order valence-electron chi connectivity index (χ4n) is 2.64. The van der Waals surface area contributed by atoms with E-state index in [4.69, 9.17) is 12.2 Å². The highest BCUT2D eigenvalue weighted by Gasteiger charge is 2.34. The van der Waals surface area contributed by atoms with Crippen molar-refractivity contribution in [2.24, 2.45) is 10.9 Å². The van der Waals surface area contributed by atoms with E-state index >= 15 is 0 Å². The molecule has 1 N–H and O–H groups in total. The average molecular weight is 412 g/mol. The van der Waals surface area contributed by atoms with Crippen LogP contribution in [0.4, 0.5) is 0 Å². The Hall–Kier alpha value is -1.34. The van der Waals surface area contributed by atoms with Gasteiger partial charge in [0.05, 0.1) is 5.71 Å². The van der Waals surface area contributed by atoms with E-state index in [1.165, 1.54) is 0 Å². The first-order valence-corrected chi connectivity index (χ1v) is 9.37. The number of allylic oxidation sites excluding steroid dienone is 3. The van der Waals surface area contributed by atoms with Crippen molar-refractivity contribution >= 4 is 50.8 Å². The van der Waals surface area contributed by atoms with E-state index in [2.05, 4.69) is 26.2 Å². The number of hydrogen-bond donors (Lipinski definition) is 1. The monoisotopic (exact) mass is 411 g/mol. The number of hydrogen-bond acceptors (Lipinski definition) is 3. The summed E-state index contributed by atoms with van der Waals surface area (Å²) in [4.78, 5) is 30.1. The summed E-state index contributed by atoms with van der Waals surface area (Å²) < 4.78 is 0.878. The van der Waals surface area contributed by atoms with E-state index in [0.29, 0.717) is 23.8 Å². The molecule has 0 bridgehead atoms. The van der Waals surface area contributed by atoms with Gasteiger partial charge in [0.2, 0.25) is 16.9 Å². The van der Waals surface area contributed by atoms with E-state index in [-0.39, 0.29) is 23.8 Å². The van der Waals surface area contributed by atoms with Crippen molar-refractivity contribution in [1.29, 1.82) is 0 Å². The Bertz CT molecular complexity index is 625. The zero-order valence-corrected chi connectivity index (χ0v) is 16.3. The second-order valence-corrected chi connectivity index (χ2v) is 7.49. The largest absolute Gasteiger partial charge is 0.354 e. The molecule has 24 heavy (non-hydrogen) atoms. The number of carbonyl (C=O) groups excluding carboxylic acids is 2. The highest BCUT2D eigenvalue weighted by atomic mass is 79.9. The average Bonchev–Trinajstić information content (AvgIpc) is 2.50. The standard InChI is InChI=1S/C17H22BrN3O2S/c1-11(2)19-15(22)6-4-3-5-9-21-16(23)13-10-12(18)7-8-14(13)20-17(21)24/h7-8,10-11,13H,3-6,9H2,1-2H3,(H,19,22). The van der Waals surface area contributed by atoms with Crippen molar-refractivity contribution in [2.75, 3.05) is 6.54 Å². The fraction of sp³-hybridized carbons (Fsp3) is 0.529. The third-order valence-electron chi connectivity index (χ3n) is 3.78. The minimum absolute atomic E-state index is 0.0242. The molecule has 5 nitrogen and oxygen atoms in total. The second-order valence-electron chi connectivity index (χ2n) is 6.20. The van der Waals surface area contributed by atoms with Gasteiger partial charge in [-0.1, -0.05) is 28.4 Å². The molecule has 1 aliphatic carbocycles. The molecule has 7 heteroatoms. The first-order chi connectivity index (χ1) is 11.4. The van der Waals surface area contributed by atoms with Crippen molar-refractivity contribution in [2.45, 2.75) is 45.6 Å². The number of nitrogens with one attached hydrogen (secondary N) is 1. The summed E-state index contributed by atoms with van der Waals surface area (Å²) in [6.45, 7) is 4.44. The number of rotatable bonds is 7. The van der Waals surface area contributed by atoms with Gasteiger partial charge in [-0.25, -0.2) is 4.99 Å². The Morgan fingerprint density at radius 1 is 1.38 bits per heavy atom. The number of carbonyl (C=O) groups is 2. The molecule has 0 aromatic carbocycles. The second kappa shape index (κ2) is 8.67. The SMILES string of the molecule is CC(C)NC(=O)CCCCCN1C(=O)C2C=C(Br)C=CC2=NC1=S. The van der Waals surface area contributed by atoms with E-state index in [0.717, 1.165) is 23.7 Å². The predicted octanol–water partition coefficient (Wildman–Crippen LogP) is 3.10.